The summed E-state index contributed by atoms with van der Waals surface area (Å²) in [5.41, 5.74) is 2.48. The lowest BCUT2D eigenvalue weighted by atomic mass is 9.35. The molecule has 7 heteroatoms. The van der Waals surface area contributed by atoms with Crippen molar-refractivity contribution >= 4 is 5.91 Å². The first-order valence-electron chi connectivity index (χ1n) is 10.6. The van der Waals surface area contributed by atoms with Crippen LogP contribution >= 0.6 is 0 Å². The Morgan fingerprint density at radius 2 is 2.14 bits per heavy atom. The first-order chi connectivity index (χ1) is 14.1. The molecule has 6 rings (SSSR count). The first kappa shape index (κ1) is 18.6. The second-order valence-electron chi connectivity index (χ2n) is 9.09. The monoisotopic (exact) mass is 396 g/mol. The summed E-state index contributed by atoms with van der Waals surface area (Å²) < 4.78 is 13.9. The maximum atomic E-state index is 11.1. The maximum absolute atomic E-state index is 11.1. The van der Waals surface area contributed by atoms with Crippen LogP contribution in [0.25, 0.3) is 11.4 Å². The number of carbonyl (C=O) groups is 1. The van der Waals surface area contributed by atoms with Gasteiger partial charge in [-0.3, -0.25) is 9.78 Å². The fraction of sp³-hybridized carbons (Fsp3) is 0.591. The molecule has 1 saturated heterocycles. The molecule has 1 aliphatic heterocycles. The summed E-state index contributed by atoms with van der Waals surface area (Å²) in [4.78, 5) is 15.7. The Balaban J connectivity index is 1.17. The predicted molar refractivity (Wildman–Crippen MR) is 107 cm³/mol. The van der Waals surface area contributed by atoms with Crippen molar-refractivity contribution in [1.82, 2.24) is 20.1 Å². The Morgan fingerprint density at radius 3 is 2.83 bits per heavy atom. The minimum Gasteiger partial charge on any atom is -0.491 e. The normalized spacial score (nSPS) is 30.2. The smallest absolute Gasteiger partial charge is 0.216 e. The molecule has 2 bridgehead atoms. The third-order valence-electron chi connectivity index (χ3n) is 6.60. The average Bonchev–Trinajstić information content (AvgIpc) is 3.16. The van der Waals surface area contributed by atoms with E-state index in [1.54, 1.807) is 19.3 Å². The third kappa shape index (κ3) is 3.52. The molecule has 1 amide bonds. The van der Waals surface area contributed by atoms with E-state index in [1.807, 2.05) is 22.9 Å². The van der Waals surface area contributed by atoms with Crippen molar-refractivity contribution in [3.05, 3.63) is 30.6 Å². The quantitative estimate of drug-likeness (QED) is 0.777. The zero-order chi connectivity index (χ0) is 19.9. The molecule has 0 spiro atoms. The molecule has 0 radical (unpaired) electrons. The van der Waals surface area contributed by atoms with Gasteiger partial charge in [-0.1, -0.05) is 0 Å². The van der Waals surface area contributed by atoms with E-state index in [0.717, 1.165) is 75.4 Å². The minimum absolute atomic E-state index is 0.000526. The highest BCUT2D eigenvalue weighted by Crippen LogP contribution is 2.72. The molecule has 7 nitrogen and oxygen atoms in total. The van der Waals surface area contributed by atoms with Crippen LogP contribution in [0.5, 0.6) is 5.75 Å². The van der Waals surface area contributed by atoms with Crippen LogP contribution in [0.15, 0.2) is 30.6 Å². The van der Waals surface area contributed by atoms with Gasteiger partial charge in [-0.2, -0.15) is 5.10 Å². The van der Waals surface area contributed by atoms with Crippen molar-refractivity contribution in [3.63, 3.8) is 0 Å². The summed E-state index contributed by atoms with van der Waals surface area (Å²) in [6.45, 7) is 3.90. The number of nitrogens with zero attached hydrogens (tertiary/aromatic N) is 3. The number of nitrogens with one attached hydrogen (secondary N) is 1. The molecule has 2 aromatic heterocycles. The van der Waals surface area contributed by atoms with E-state index in [2.05, 4.69) is 15.4 Å². The van der Waals surface area contributed by atoms with Crippen LogP contribution in [0.4, 0.5) is 0 Å². The summed E-state index contributed by atoms with van der Waals surface area (Å²) in [5, 5.41) is 7.42. The topological polar surface area (TPSA) is 78.3 Å². The molecule has 2 aromatic rings. The van der Waals surface area contributed by atoms with Gasteiger partial charge in [0.25, 0.3) is 0 Å². The zero-order valence-electron chi connectivity index (χ0n) is 16.9. The van der Waals surface area contributed by atoms with Crippen molar-refractivity contribution in [1.29, 1.82) is 0 Å². The van der Waals surface area contributed by atoms with Crippen molar-refractivity contribution in [2.75, 3.05) is 19.8 Å². The van der Waals surface area contributed by atoms with Gasteiger partial charge < -0.3 is 14.8 Å². The number of rotatable bonds is 7. The zero-order valence-corrected chi connectivity index (χ0v) is 16.9. The summed E-state index contributed by atoms with van der Waals surface area (Å²) in [7, 11) is 0. The van der Waals surface area contributed by atoms with Crippen LogP contribution in [0.3, 0.4) is 0 Å². The molecule has 3 heterocycles. The summed E-state index contributed by atoms with van der Waals surface area (Å²) in [5.74, 6) is 0.858. The van der Waals surface area contributed by atoms with E-state index in [4.69, 9.17) is 9.47 Å². The summed E-state index contributed by atoms with van der Waals surface area (Å²) in [6.07, 6.45) is 10.3. The largest absolute Gasteiger partial charge is 0.491 e. The standard InChI is InChI=1S/C22H28N4O3/c1-16(27)24-14-21-11-22(12-21,13-21)15-29-17-5-6-18(23-10-17)19-7-8-25-26(19)20-4-2-3-9-28-20/h5-8,10,20H,2-4,9,11-15H2,1H3,(H,24,27). The van der Waals surface area contributed by atoms with Crippen LogP contribution in [0.2, 0.25) is 0 Å². The highest BCUT2D eigenvalue weighted by atomic mass is 16.5. The van der Waals surface area contributed by atoms with Gasteiger partial charge in [0, 0.05) is 31.7 Å². The van der Waals surface area contributed by atoms with E-state index in [1.165, 1.54) is 0 Å². The van der Waals surface area contributed by atoms with Gasteiger partial charge in [-0.25, -0.2) is 4.68 Å². The Morgan fingerprint density at radius 1 is 1.28 bits per heavy atom. The molecule has 4 fully saturated rings. The fourth-order valence-corrected chi connectivity index (χ4v) is 5.40. The van der Waals surface area contributed by atoms with Crippen molar-refractivity contribution in [3.8, 4) is 17.1 Å². The van der Waals surface area contributed by atoms with Gasteiger partial charge in [0.05, 0.1) is 24.2 Å². The van der Waals surface area contributed by atoms with Gasteiger partial charge in [0.1, 0.15) is 5.75 Å². The molecule has 1 atom stereocenters. The summed E-state index contributed by atoms with van der Waals surface area (Å²) in [6, 6.07) is 5.96. The Kier molecular flexibility index (Phi) is 4.57. The Bertz CT molecular complexity index is 866. The highest BCUT2D eigenvalue weighted by Gasteiger charge is 2.67. The Hall–Kier alpha value is -2.41. The number of pyridine rings is 1. The Labute approximate surface area is 170 Å². The molecule has 4 aliphatic rings. The maximum Gasteiger partial charge on any atom is 0.216 e. The number of hydrogen-bond donors (Lipinski definition) is 1. The second-order valence-corrected chi connectivity index (χ2v) is 9.09. The van der Waals surface area contributed by atoms with E-state index >= 15 is 0 Å². The molecule has 29 heavy (non-hydrogen) atoms. The number of carbonyl (C=O) groups excluding carboxylic acids is 1. The lowest BCUT2D eigenvalue weighted by molar-refractivity contribution is -0.215. The third-order valence-corrected chi connectivity index (χ3v) is 6.60. The van der Waals surface area contributed by atoms with E-state index < -0.39 is 0 Å². The van der Waals surface area contributed by atoms with Crippen LogP contribution in [0, 0.1) is 10.8 Å². The van der Waals surface area contributed by atoms with E-state index in [-0.39, 0.29) is 12.1 Å². The van der Waals surface area contributed by atoms with E-state index in [9.17, 15) is 4.79 Å². The van der Waals surface area contributed by atoms with Gasteiger partial charge in [0.15, 0.2) is 6.23 Å². The van der Waals surface area contributed by atoms with Gasteiger partial charge in [-0.15, -0.1) is 0 Å². The van der Waals surface area contributed by atoms with Gasteiger partial charge in [-0.05, 0) is 62.1 Å². The SMILES string of the molecule is CC(=O)NCC12CC(COc3ccc(-c4ccnn4C4CCCCO4)nc3)(C1)C2. The average molecular weight is 396 g/mol. The van der Waals surface area contributed by atoms with Crippen molar-refractivity contribution in [2.24, 2.45) is 10.8 Å². The molecular formula is C22H28N4O3. The molecule has 3 aliphatic carbocycles. The molecule has 3 saturated carbocycles. The fourth-order valence-electron chi connectivity index (χ4n) is 5.40. The van der Waals surface area contributed by atoms with Crippen LogP contribution in [0.1, 0.15) is 51.7 Å². The number of amides is 1. The highest BCUT2D eigenvalue weighted by molar-refractivity contribution is 5.72. The first-order valence-corrected chi connectivity index (χ1v) is 10.6. The molecule has 154 valence electrons. The molecule has 1 N–H and O–H groups in total. The van der Waals surface area contributed by atoms with Gasteiger partial charge >= 0.3 is 0 Å². The van der Waals surface area contributed by atoms with Crippen LogP contribution < -0.4 is 10.1 Å². The predicted octanol–water partition coefficient (Wildman–Crippen LogP) is 3.33. The number of hydrogen-bond acceptors (Lipinski definition) is 5. The van der Waals surface area contributed by atoms with Crippen molar-refractivity contribution in [2.45, 2.75) is 51.7 Å². The summed E-state index contributed by atoms with van der Waals surface area (Å²) >= 11 is 0. The molecular weight excluding hydrogens is 368 g/mol. The van der Waals surface area contributed by atoms with Crippen molar-refractivity contribution < 1.29 is 14.3 Å². The van der Waals surface area contributed by atoms with Gasteiger partial charge in [0.2, 0.25) is 5.91 Å². The molecule has 0 aromatic carbocycles. The minimum atomic E-state index is 0.000526. The molecule has 1 unspecified atom stereocenters. The lowest BCUT2D eigenvalue weighted by Gasteiger charge is -2.70. The second kappa shape index (κ2) is 7.13. The lowest BCUT2D eigenvalue weighted by Crippen LogP contribution is -2.67. The number of aromatic nitrogens is 3. The van der Waals surface area contributed by atoms with E-state index in [0.29, 0.717) is 10.8 Å². The van der Waals surface area contributed by atoms with Crippen LogP contribution in [-0.4, -0.2) is 40.4 Å². The number of ether oxygens (including phenoxy) is 2. The van der Waals surface area contributed by atoms with Crippen LogP contribution in [-0.2, 0) is 9.53 Å².